The van der Waals surface area contributed by atoms with Crippen LogP contribution in [0.2, 0.25) is 5.02 Å². The molecule has 0 saturated heterocycles. The van der Waals surface area contributed by atoms with Crippen molar-refractivity contribution in [3.05, 3.63) is 53.1 Å². The van der Waals surface area contributed by atoms with Crippen LogP contribution < -0.4 is 19.7 Å². The summed E-state index contributed by atoms with van der Waals surface area (Å²) in [6.45, 7) is 2.07. The predicted octanol–water partition coefficient (Wildman–Crippen LogP) is 3.07. The zero-order chi connectivity index (χ0) is 19.8. The van der Waals surface area contributed by atoms with Gasteiger partial charge in [-0.05, 0) is 35.9 Å². The minimum absolute atomic E-state index is 0.123. The van der Waals surface area contributed by atoms with Gasteiger partial charge in [-0.25, -0.2) is 0 Å². The summed E-state index contributed by atoms with van der Waals surface area (Å²) in [5.41, 5.74) is 1.45. The third kappa shape index (κ3) is 5.89. The van der Waals surface area contributed by atoms with Gasteiger partial charge in [0.2, 0.25) is 11.8 Å². The molecule has 2 aromatic rings. The molecule has 6 nitrogen and oxygen atoms in total. The minimum Gasteiger partial charge on any atom is -0.497 e. The second-order valence-corrected chi connectivity index (χ2v) is 6.30. The van der Waals surface area contributed by atoms with Gasteiger partial charge in [0, 0.05) is 25.0 Å². The maximum atomic E-state index is 12.1. The molecule has 0 radical (unpaired) electrons. The smallest absolute Gasteiger partial charge is 0.224 e. The highest BCUT2D eigenvalue weighted by Gasteiger charge is 2.17. The van der Waals surface area contributed by atoms with Gasteiger partial charge in [-0.2, -0.15) is 0 Å². The average Bonchev–Trinajstić information content (AvgIpc) is 2.65. The number of hydrogen-bond donors (Lipinski definition) is 1. The zero-order valence-corrected chi connectivity index (χ0v) is 16.4. The van der Waals surface area contributed by atoms with E-state index in [-0.39, 0.29) is 18.2 Å². The molecule has 0 unspecified atom stereocenters. The van der Waals surface area contributed by atoms with Crippen LogP contribution >= 0.6 is 11.6 Å². The highest BCUT2D eigenvalue weighted by atomic mass is 35.5. The third-order valence-electron chi connectivity index (χ3n) is 3.99. The minimum atomic E-state index is -0.167. The van der Waals surface area contributed by atoms with Crippen LogP contribution in [-0.4, -0.2) is 39.1 Å². The number of methoxy groups -OCH3 is 2. The first-order chi connectivity index (χ1) is 12.9. The molecule has 27 heavy (non-hydrogen) atoms. The van der Waals surface area contributed by atoms with E-state index in [2.05, 4.69) is 5.32 Å². The number of anilines is 1. The van der Waals surface area contributed by atoms with Crippen molar-refractivity contribution in [1.29, 1.82) is 0 Å². The molecule has 2 aromatic carbocycles. The lowest BCUT2D eigenvalue weighted by molar-refractivity contribution is -0.121. The van der Waals surface area contributed by atoms with Gasteiger partial charge in [-0.15, -0.1) is 0 Å². The van der Waals surface area contributed by atoms with Crippen molar-refractivity contribution in [2.45, 2.75) is 13.3 Å². The summed E-state index contributed by atoms with van der Waals surface area (Å²) in [7, 11) is 3.12. The monoisotopic (exact) mass is 390 g/mol. The Kier molecular flexibility index (Phi) is 7.49. The Morgan fingerprint density at radius 2 is 1.78 bits per heavy atom. The molecule has 2 amide bonds. The molecule has 0 aliphatic rings. The summed E-state index contributed by atoms with van der Waals surface area (Å²) in [6.07, 6.45) is 0.255. The van der Waals surface area contributed by atoms with E-state index in [1.54, 1.807) is 25.3 Å². The molecule has 0 atom stereocenters. The van der Waals surface area contributed by atoms with Crippen LogP contribution in [0.3, 0.4) is 0 Å². The van der Waals surface area contributed by atoms with E-state index in [4.69, 9.17) is 21.1 Å². The lowest BCUT2D eigenvalue weighted by Crippen LogP contribution is -2.38. The molecule has 0 aromatic heterocycles. The van der Waals surface area contributed by atoms with Crippen molar-refractivity contribution < 1.29 is 19.1 Å². The molecular weight excluding hydrogens is 368 g/mol. The second kappa shape index (κ2) is 9.83. The summed E-state index contributed by atoms with van der Waals surface area (Å²) in [4.78, 5) is 25.7. The van der Waals surface area contributed by atoms with Crippen LogP contribution in [0, 0.1) is 0 Å². The van der Waals surface area contributed by atoms with E-state index in [1.165, 1.54) is 18.9 Å². The van der Waals surface area contributed by atoms with Gasteiger partial charge in [-0.3, -0.25) is 9.59 Å². The number of hydrogen-bond acceptors (Lipinski definition) is 4. The van der Waals surface area contributed by atoms with E-state index < -0.39 is 0 Å². The average molecular weight is 391 g/mol. The van der Waals surface area contributed by atoms with Crippen LogP contribution in [0.25, 0.3) is 0 Å². The van der Waals surface area contributed by atoms with Crippen molar-refractivity contribution >= 4 is 29.1 Å². The molecule has 0 heterocycles. The Bertz CT molecular complexity index is 793. The quantitative estimate of drug-likeness (QED) is 0.752. The fourth-order valence-electron chi connectivity index (χ4n) is 2.62. The van der Waals surface area contributed by atoms with Crippen molar-refractivity contribution in [1.82, 2.24) is 5.32 Å². The molecule has 0 spiro atoms. The molecule has 1 N–H and O–H groups in total. The van der Waals surface area contributed by atoms with Crippen molar-refractivity contribution in [2.75, 3.05) is 32.2 Å². The number of nitrogens with one attached hydrogen (secondary N) is 1. The molecule has 7 heteroatoms. The summed E-state index contributed by atoms with van der Waals surface area (Å²) < 4.78 is 10.4. The second-order valence-electron chi connectivity index (χ2n) is 5.86. The van der Waals surface area contributed by atoms with Gasteiger partial charge in [0.05, 0.1) is 26.3 Å². The Labute approximate surface area is 164 Å². The third-order valence-corrected chi connectivity index (χ3v) is 4.23. The van der Waals surface area contributed by atoms with Crippen molar-refractivity contribution in [3.8, 4) is 11.5 Å². The molecule has 0 aliphatic heterocycles. The van der Waals surface area contributed by atoms with E-state index in [9.17, 15) is 9.59 Å². The number of carbonyl (C=O) groups is 2. The fraction of sp³-hybridized carbons (Fsp3) is 0.300. The van der Waals surface area contributed by atoms with Crippen LogP contribution in [0.15, 0.2) is 42.5 Å². The summed E-state index contributed by atoms with van der Waals surface area (Å²) in [5.74, 6) is 0.993. The van der Waals surface area contributed by atoms with Crippen LogP contribution in [0.5, 0.6) is 11.5 Å². The summed E-state index contributed by atoms with van der Waals surface area (Å²) in [5, 5.41) is 3.33. The van der Waals surface area contributed by atoms with Crippen molar-refractivity contribution in [3.63, 3.8) is 0 Å². The number of carbonyl (C=O) groups excluding carboxylic acids is 2. The van der Waals surface area contributed by atoms with E-state index in [1.807, 2.05) is 24.3 Å². The molecule has 0 fully saturated rings. The molecule has 0 aliphatic carbocycles. The number of nitrogens with zero attached hydrogens (tertiary/aromatic N) is 1. The normalized spacial score (nSPS) is 10.2. The Hall–Kier alpha value is -2.73. The molecule has 2 rings (SSSR count). The first kappa shape index (κ1) is 20.6. The lowest BCUT2D eigenvalue weighted by atomic mass is 10.1. The molecule has 144 valence electrons. The molecule has 0 saturated carbocycles. The van der Waals surface area contributed by atoms with Crippen LogP contribution in [0.1, 0.15) is 12.5 Å². The number of amides is 2. The standard InChI is InChI=1S/C20H23ClN2O4/c1-14(24)23(18-13-16(21)6-9-19(18)27-3)11-10-22-20(25)12-15-4-7-17(26-2)8-5-15/h4-9,13H,10-12H2,1-3H3,(H,22,25). The first-order valence-electron chi connectivity index (χ1n) is 8.46. The Morgan fingerprint density at radius 1 is 1.07 bits per heavy atom. The van der Waals surface area contributed by atoms with Crippen molar-refractivity contribution in [2.24, 2.45) is 0 Å². The van der Waals surface area contributed by atoms with Gasteiger partial charge in [0.1, 0.15) is 11.5 Å². The van der Waals surface area contributed by atoms with Gasteiger partial charge in [-0.1, -0.05) is 23.7 Å². The SMILES string of the molecule is COc1ccc(CC(=O)NCCN(C(C)=O)c2cc(Cl)ccc2OC)cc1. The Balaban J connectivity index is 1.95. The van der Waals surface area contributed by atoms with E-state index >= 15 is 0 Å². The van der Waals surface area contributed by atoms with E-state index in [0.717, 1.165) is 11.3 Å². The molecular formula is C20H23ClN2O4. The largest absolute Gasteiger partial charge is 0.497 e. The summed E-state index contributed by atoms with van der Waals surface area (Å²) >= 11 is 6.05. The van der Waals surface area contributed by atoms with E-state index in [0.29, 0.717) is 29.5 Å². The van der Waals surface area contributed by atoms with Gasteiger partial charge in [0.15, 0.2) is 0 Å². The lowest BCUT2D eigenvalue weighted by Gasteiger charge is -2.23. The van der Waals surface area contributed by atoms with Crippen LogP contribution in [0.4, 0.5) is 5.69 Å². The fourth-order valence-corrected chi connectivity index (χ4v) is 2.79. The first-order valence-corrected chi connectivity index (χ1v) is 8.83. The number of halogens is 1. The van der Waals surface area contributed by atoms with Gasteiger partial charge < -0.3 is 19.7 Å². The number of rotatable bonds is 8. The number of ether oxygens (including phenoxy) is 2. The predicted molar refractivity (Wildman–Crippen MR) is 106 cm³/mol. The zero-order valence-electron chi connectivity index (χ0n) is 15.6. The molecule has 0 bridgehead atoms. The number of benzene rings is 2. The van der Waals surface area contributed by atoms with Gasteiger partial charge in [0.25, 0.3) is 0 Å². The highest BCUT2D eigenvalue weighted by molar-refractivity contribution is 6.31. The highest BCUT2D eigenvalue weighted by Crippen LogP contribution is 2.31. The maximum absolute atomic E-state index is 12.1. The summed E-state index contributed by atoms with van der Waals surface area (Å²) in [6, 6.07) is 12.4. The maximum Gasteiger partial charge on any atom is 0.224 e. The Morgan fingerprint density at radius 3 is 2.37 bits per heavy atom. The van der Waals surface area contributed by atoms with Gasteiger partial charge >= 0.3 is 0 Å². The topological polar surface area (TPSA) is 67.9 Å². The van der Waals surface area contributed by atoms with Crippen LogP contribution in [-0.2, 0) is 16.0 Å².